The van der Waals surface area contributed by atoms with Gasteiger partial charge in [-0.1, -0.05) is 12.1 Å². The molecule has 3 nitrogen and oxygen atoms in total. The van der Waals surface area contributed by atoms with Crippen LogP contribution in [-0.2, 0) is 13.1 Å². The third-order valence-corrected chi connectivity index (χ3v) is 2.13. The second-order valence-electron chi connectivity index (χ2n) is 3.34. The van der Waals surface area contributed by atoms with Crippen LogP contribution in [0.4, 0.5) is 4.39 Å². The van der Waals surface area contributed by atoms with Crippen molar-refractivity contribution in [1.29, 1.82) is 0 Å². The first-order chi connectivity index (χ1) is 7.34. The van der Waals surface area contributed by atoms with Gasteiger partial charge in [0.15, 0.2) is 0 Å². The predicted octanol–water partition coefficient (Wildman–Crippen LogP) is 1.84. The van der Waals surface area contributed by atoms with Crippen LogP contribution in [0.2, 0.25) is 0 Å². The summed E-state index contributed by atoms with van der Waals surface area (Å²) in [5.41, 5.74) is 2.18. The standard InChI is InChI=1S/C11H12FN3/c12-11-3-1-9(2-4-11)5-13-6-10-7-14-15-8-10/h1-4,7-8,13H,5-6H2,(H,14,15). The molecule has 1 aromatic heterocycles. The number of aromatic amines is 1. The van der Waals surface area contributed by atoms with Crippen molar-refractivity contribution >= 4 is 0 Å². The Balaban J connectivity index is 1.81. The smallest absolute Gasteiger partial charge is 0.123 e. The summed E-state index contributed by atoms with van der Waals surface area (Å²) in [6.07, 6.45) is 3.62. The van der Waals surface area contributed by atoms with Crippen LogP contribution in [0.3, 0.4) is 0 Å². The normalized spacial score (nSPS) is 10.5. The van der Waals surface area contributed by atoms with Crippen LogP contribution in [0, 0.1) is 5.82 Å². The van der Waals surface area contributed by atoms with Gasteiger partial charge in [0.1, 0.15) is 5.82 Å². The van der Waals surface area contributed by atoms with Gasteiger partial charge < -0.3 is 5.32 Å². The monoisotopic (exact) mass is 205 g/mol. The highest BCUT2D eigenvalue weighted by Crippen LogP contribution is 2.02. The molecule has 0 saturated heterocycles. The van der Waals surface area contributed by atoms with Gasteiger partial charge in [-0.05, 0) is 17.7 Å². The zero-order valence-electron chi connectivity index (χ0n) is 8.20. The van der Waals surface area contributed by atoms with E-state index >= 15 is 0 Å². The van der Waals surface area contributed by atoms with Crippen LogP contribution in [0.15, 0.2) is 36.7 Å². The van der Waals surface area contributed by atoms with Crippen molar-refractivity contribution in [3.05, 3.63) is 53.6 Å². The highest BCUT2D eigenvalue weighted by Gasteiger charge is 1.95. The van der Waals surface area contributed by atoms with Crippen molar-refractivity contribution in [3.8, 4) is 0 Å². The van der Waals surface area contributed by atoms with Crippen LogP contribution in [0.5, 0.6) is 0 Å². The minimum absolute atomic E-state index is 0.200. The fourth-order valence-corrected chi connectivity index (χ4v) is 1.33. The molecule has 1 aromatic carbocycles. The Morgan fingerprint density at radius 2 is 1.87 bits per heavy atom. The van der Waals surface area contributed by atoms with E-state index in [1.165, 1.54) is 12.1 Å². The van der Waals surface area contributed by atoms with E-state index in [1.807, 2.05) is 6.20 Å². The Kier molecular flexibility index (Phi) is 3.09. The van der Waals surface area contributed by atoms with Crippen molar-refractivity contribution < 1.29 is 4.39 Å². The Hall–Kier alpha value is -1.68. The first-order valence-corrected chi connectivity index (χ1v) is 4.77. The first-order valence-electron chi connectivity index (χ1n) is 4.77. The Bertz CT molecular complexity index is 394. The highest BCUT2D eigenvalue weighted by molar-refractivity contribution is 5.15. The molecular formula is C11H12FN3. The summed E-state index contributed by atoms with van der Waals surface area (Å²) in [5.74, 6) is -0.200. The van der Waals surface area contributed by atoms with E-state index in [2.05, 4.69) is 15.5 Å². The van der Waals surface area contributed by atoms with Crippen LogP contribution in [0.25, 0.3) is 0 Å². The van der Waals surface area contributed by atoms with E-state index in [9.17, 15) is 4.39 Å². The van der Waals surface area contributed by atoms with Gasteiger partial charge in [0.25, 0.3) is 0 Å². The van der Waals surface area contributed by atoms with Crippen LogP contribution < -0.4 is 5.32 Å². The number of benzene rings is 1. The molecule has 15 heavy (non-hydrogen) atoms. The van der Waals surface area contributed by atoms with Crippen molar-refractivity contribution in [1.82, 2.24) is 15.5 Å². The molecule has 0 bridgehead atoms. The lowest BCUT2D eigenvalue weighted by atomic mass is 10.2. The number of aromatic nitrogens is 2. The summed E-state index contributed by atoms with van der Waals surface area (Å²) in [5, 5.41) is 9.83. The summed E-state index contributed by atoms with van der Waals surface area (Å²) in [4.78, 5) is 0. The molecule has 2 aromatic rings. The van der Waals surface area contributed by atoms with Crippen LogP contribution in [0.1, 0.15) is 11.1 Å². The fraction of sp³-hybridized carbons (Fsp3) is 0.182. The maximum Gasteiger partial charge on any atom is 0.123 e. The molecule has 0 saturated carbocycles. The molecule has 0 unspecified atom stereocenters. The molecule has 0 atom stereocenters. The zero-order valence-corrected chi connectivity index (χ0v) is 8.20. The average molecular weight is 205 g/mol. The Labute approximate surface area is 87.3 Å². The van der Waals surface area contributed by atoms with Crippen LogP contribution >= 0.6 is 0 Å². The van der Waals surface area contributed by atoms with Gasteiger partial charge in [0.2, 0.25) is 0 Å². The summed E-state index contributed by atoms with van der Waals surface area (Å²) in [6, 6.07) is 6.49. The lowest BCUT2D eigenvalue weighted by Gasteiger charge is -2.02. The Morgan fingerprint density at radius 1 is 1.13 bits per heavy atom. The van der Waals surface area contributed by atoms with Gasteiger partial charge in [-0.3, -0.25) is 5.10 Å². The summed E-state index contributed by atoms with van der Waals surface area (Å²) < 4.78 is 12.6. The molecule has 0 aliphatic heterocycles. The maximum absolute atomic E-state index is 12.6. The predicted molar refractivity (Wildman–Crippen MR) is 55.5 cm³/mol. The summed E-state index contributed by atoms with van der Waals surface area (Å²) in [6.45, 7) is 1.49. The number of halogens is 1. The number of nitrogens with one attached hydrogen (secondary N) is 2. The molecule has 4 heteroatoms. The van der Waals surface area contributed by atoms with E-state index < -0.39 is 0 Å². The molecule has 0 fully saturated rings. The summed E-state index contributed by atoms with van der Waals surface area (Å²) >= 11 is 0. The number of hydrogen-bond donors (Lipinski definition) is 2. The second kappa shape index (κ2) is 4.70. The van der Waals surface area contributed by atoms with E-state index in [1.54, 1.807) is 18.3 Å². The van der Waals surface area contributed by atoms with Crippen molar-refractivity contribution in [2.24, 2.45) is 0 Å². The highest BCUT2D eigenvalue weighted by atomic mass is 19.1. The third-order valence-electron chi connectivity index (χ3n) is 2.13. The van der Waals surface area contributed by atoms with Gasteiger partial charge in [-0.2, -0.15) is 5.10 Å². The number of nitrogens with zero attached hydrogens (tertiary/aromatic N) is 1. The molecule has 0 spiro atoms. The average Bonchev–Trinajstić information content (AvgIpc) is 2.74. The molecule has 2 N–H and O–H groups in total. The molecule has 0 radical (unpaired) electrons. The number of hydrogen-bond acceptors (Lipinski definition) is 2. The largest absolute Gasteiger partial charge is 0.309 e. The fourth-order valence-electron chi connectivity index (χ4n) is 1.33. The molecule has 0 amide bonds. The minimum atomic E-state index is -0.200. The van der Waals surface area contributed by atoms with Gasteiger partial charge in [-0.25, -0.2) is 4.39 Å². The van der Waals surface area contributed by atoms with Gasteiger partial charge in [0.05, 0.1) is 6.20 Å². The van der Waals surface area contributed by atoms with E-state index in [0.29, 0.717) is 0 Å². The quantitative estimate of drug-likeness (QED) is 0.799. The maximum atomic E-state index is 12.6. The number of H-pyrrole nitrogens is 1. The van der Waals surface area contributed by atoms with Crippen molar-refractivity contribution in [2.75, 3.05) is 0 Å². The lowest BCUT2D eigenvalue weighted by molar-refractivity contribution is 0.625. The third kappa shape index (κ3) is 2.89. The Morgan fingerprint density at radius 3 is 2.53 bits per heavy atom. The minimum Gasteiger partial charge on any atom is -0.309 e. The van der Waals surface area contributed by atoms with E-state index in [4.69, 9.17) is 0 Å². The van der Waals surface area contributed by atoms with E-state index in [0.717, 1.165) is 24.2 Å². The molecule has 2 rings (SSSR count). The molecule has 78 valence electrons. The first kappa shape index (κ1) is 9.86. The molecule has 1 heterocycles. The summed E-state index contributed by atoms with van der Waals surface area (Å²) in [7, 11) is 0. The molecular weight excluding hydrogens is 193 g/mol. The van der Waals surface area contributed by atoms with Crippen LogP contribution in [-0.4, -0.2) is 10.2 Å². The van der Waals surface area contributed by atoms with Gasteiger partial charge >= 0.3 is 0 Å². The van der Waals surface area contributed by atoms with Gasteiger partial charge in [0, 0.05) is 24.8 Å². The van der Waals surface area contributed by atoms with Gasteiger partial charge in [-0.15, -0.1) is 0 Å². The van der Waals surface area contributed by atoms with E-state index in [-0.39, 0.29) is 5.82 Å². The molecule has 0 aliphatic carbocycles. The SMILES string of the molecule is Fc1ccc(CNCc2cn[nH]c2)cc1. The van der Waals surface area contributed by atoms with Crippen molar-refractivity contribution in [2.45, 2.75) is 13.1 Å². The zero-order chi connectivity index (χ0) is 10.5. The van der Waals surface area contributed by atoms with Crippen molar-refractivity contribution in [3.63, 3.8) is 0 Å². The lowest BCUT2D eigenvalue weighted by Crippen LogP contribution is -2.12. The topological polar surface area (TPSA) is 40.7 Å². The number of rotatable bonds is 4. The molecule has 0 aliphatic rings. The second-order valence-corrected chi connectivity index (χ2v) is 3.34.